The van der Waals surface area contributed by atoms with Crippen molar-refractivity contribution in [1.82, 2.24) is 14.8 Å². The summed E-state index contributed by atoms with van der Waals surface area (Å²) in [6.45, 7) is 2.39. The van der Waals surface area contributed by atoms with Gasteiger partial charge in [-0.3, -0.25) is 0 Å². The van der Waals surface area contributed by atoms with E-state index in [1.165, 1.54) is 0 Å². The van der Waals surface area contributed by atoms with Crippen LogP contribution in [-0.2, 0) is 6.54 Å². The van der Waals surface area contributed by atoms with Crippen LogP contribution in [-0.4, -0.2) is 14.8 Å². The van der Waals surface area contributed by atoms with Crippen molar-refractivity contribution in [2.75, 3.05) is 0 Å². The zero-order valence-electron chi connectivity index (χ0n) is 14.7. The number of rotatable bonds is 4. The van der Waals surface area contributed by atoms with E-state index in [4.69, 9.17) is 5.26 Å². The van der Waals surface area contributed by atoms with Crippen LogP contribution in [0.5, 0.6) is 0 Å². The van der Waals surface area contributed by atoms with Crippen LogP contribution < -0.4 is 0 Å². The van der Waals surface area contributed by atoms with E-state index >= 15 is 0 Å². The molecule has 0 fully saturated rings. The van der Waals surface area contributed by atoms with E-state index in [1.807, 2.05) is 60.1 Å². The Kier molecular flexibility index (Phi) is 4.42. The number of hydrogen-bond acceptors (Lipinski definition) is 5. The molecule has 0 N–H and O–H groups in total. The minimum Gasteiger partial charge on any atom is -0.236 e. The van der Waals surface area contributed by atoms with Gasteiger partial charge in [0.25, 0.3) is 0 Å². The van der Waals surface area contributed by atoms with E-state index < -0.39 is 0 Å². The fraction of sp³-hybridized carbons (Fsp3) is 0.0952. The maximum absolute atomic E-state index is 8.86. The molecule has 0 bridgehead atoms. The molecule has 0 aliphatic carbocycles. The van der Waals surface area contributed by atoms with E-state index in [9.17, 15) is 0 Å². The third-order valence-electron chi connectivity index (χ3n) is 4.24. The molecule has 4 rings (SSSR count). The molecule has 27 heavy (non-hydrogen) atoms. The summed E-state index contributed by atoms with van der Waals surface area (Å²) in [5.74, 6) is 0. The Morgan fingerprint density at radius 1 is 1.04 bits per heavy atom. The summed E-state index contributed by atoms with van der Waals surface area (Å²) in [6, 6.07) is 21.2. The van der Waals surface area contributed by atoms with Gasteiger partial charge in [-0.25, -0.2) is 9.67 Å². The first-order chi connectivity index (χ1) is 13.3. The Morgan fingerprint density at radius 2 is 1.81 bits per heavy atom. The first-order valence-electron chi connectivity index (χ1n) is 8.52. The molecule has 0 spiro atoms. The van der Waals surface area contributed by atoms with E-state index in [0.29, 0.717) is 12.1 Å². The molecule has 0 radical (unpaired) electrons. The Balaban J connectivity index is 1.66. The van der Waals surface area contributed by atoms with Gasteiger partial charge in [-0.1, -0.05) is 30.3 Å². The minimum atomic E-state index is 0.446. The lowest BCUT2D eigenvalue weighted by molar-refractivity contribution is 0.878. The summed E-state index contributed by atoms with van der Waals surface area (Å²) in [6.07, 6.45) is 1.72. The first kappa shape index (κ1) is 16.6. The summed E-state index contributed by atoms with van der Waals surface area (Å²) in [5.41, 5.74) is 4.95. The van der Waals surface area contributed by atoms with Crippen molar-refractivity contribution in [1.29, 1.82) is 5.26 Å². The van der Waals surface area contributed by atoms with Crippen LogP contribution in [0.15, 0.2) is 77.1 Å². The van der Waals surface area contributed by atoms with Crippen molar-refractivity contribution >= 4 is 16.7 Å². The van der Waals surface area contributed by atoms with Gasteiger partial charge in [0, 0.05) is 6.20 Å². The summed E-state index contributed by atoms with van der Waals surface area (Å²) >= 11 is 0. The third-order valence-corrected chi connectivity index (χ3v) is 4.24. The number of para-hydroxylation sites is 1. The van der Waals surface area contributed by atoms with Crippen LogP contribution in [0.2, 0.25) is 0 Å². The first-order valence-corrected chi connectivity index (χ1v) is 8.52. The second-order valence-corrected chi connectivity index (χ2v) is 6.07. The maximum Gasteiger partial charge on any atom is 0.165 e. The van der Waals surface area contributed by atoms with E-state index in [2.05, 4.69) is 26.4 Å². The molecule has 130 valence electrons. The van der Waals surface area contributed by atoms with Gasteiger partial charge < -0.3 is 0 Å². The van der Waals surface area contributed by atoms with Gasteiger partial charge in [0.2, 0.25) is 0 Å². The molecule has 6 nitrogen and oxygen atoms in total. The molecule has 2 heterocycles. The molecule has 6 heteroatoms. The SMILES string of the molecule is Cc1nn(-c2ccccc2)c2nccc(N=NCc3ccc(C#N)cc3)c12. The smallest absolute Gasteiger partial charge is 0.165 e. The van der Waals surface area contributed by atoms with Crippen LogP contribution in [0.25, 0.3) is 16.7 Å². The standard InChI is InChI=1S/C21H16N6/c1-15-20-19(25-24-14-17-9-7-16(13-22)8-10-17)11-12-23-21(20)27(26-15)18-5-3-2-4-6-18/h2-12H,14H2,1H3. The molecule has 0 saturated heterocycles. The number of aromatic nitrogens is 3. The highest BCUT2D eigenvalue weighted by Gasteiger charge is 2.13. The number of azo groups is 1. The average Bonchev–Trinajstić information content (AvgIpc) is 3.07. The second kappa shape index (κ2) is 7.18. The zero-order chi connectivity index (χ0) is 18.6. The highest BCUT2D eigenvalue weighted by atomic mass is 15.3. The van der Waals surface area contributed by atoms with Gasteiger partial charge in [0.1, 0.15) is 0 Å². The quantitative estimate of drug-likeness (QED) is 0.491. The molecule has 4 aromatic rings. The lowest BCUT2D eigenvalue weighted by Gasteiger charge is -2.02. The van der Waals surface area contributed by atoms with Crippen LogP contribution in [0.3, 0.4) is 0 Å². The van der Waals surface area contributed by atoms with Crippen molar-refractivity contribution in [3.63, 3.8) is 0 Å². The Bertz CT molecular complexity index is 1150. The fourth-order valence-corrected chi connectivity index (χ4v) is 2.91. The normalized spacial score (nSPS) is 11.1. The topological polar surface area (TPSA) is 79.2 Å². The van der Waals surface area contributed by atoms with Gasteiger partial charge in [-0.2, -0.15) is 20.6 Å². The number of pyridine rings is 1. The lowest BCUT2D eigenvalue weighted by Crippen LogP contribution is -1.96. The van der Waals surface area contributed by atoms with Crippen LogP contribution in [0.4, 0.5) is 5.69 Å². The van der Waals surface area contributed by atoms with Crippen molar-refractivity contribution in [2.45, 2.75) is 13.5 Å². The molecule has 0 saturated carbocycles. The summed E-state index contributed by atoms with van der Waals surface area (Å²) in [5, 5.41) is 23.1. The predicted molar refractivity (Wildman–Crippen MR) is 103 cm³/mol. The Labute approximate surface area is 156 Å². The zero-order valence-corrected chi connectivity index (χ0v) is 14.7. The predicted octanol–water partition coefficient (Wildman–Crippen LogP) is 4.88. The Morgan fingerprint density at radius 3 is 2.56 bits per heavy atom. The van der Waals surface area contributed by atoms with Gasteiger partial charge >= 0.3 is 0 Å². The molecule has 0 amide bonds. The number of nitrogens with zero attached hydrogens (tertiary/aromatic N) is 6. The van der Waals surface area contributed by atoms with E-state index in [-0.39, 0.29) is 0 Å². The molecule has 0 aliphatic heterocycles. The highest BCUT2D eigenvalue weighted by molar-refractivity contribution is 5.90. The van der Waals surface area contributed by atoms with Gasteiger partial charge in [0.15, 0.2) is 5.65 Å². The van der Waals surface area contributed by atoms with Crippen LogP contribution in [0.1, 0.15) is 16.8 Å². The number of fused-ring (bicyclic) bond motifs is 1. The van der Waals surface area contributed by atoms with Gasteiger partial charge in [-0.15, -0.1) is 0 Å². The molecule has 2 aromatic carbocycles. The van der Waals surface area contributed by atoms with Crippen molar-refractivity contribution < 1.29 is 0 Å². The summed E-state index contributed by atoms with van der Waals surface area (Å²) in [7, 11) is 0. The molecule has 0 unspecified atom stereocenters. The molecular formula is C21H16N6. The van der Waals surface area contributed by atoms with Crippen molar-refractivity contribution in [3.05, 3.63) is 83.7 Å². The fourth-order valence-electron chi connectivity index (χ4n) is 2.91. The van der Waals surface area contributed by atoms with E-state index in [0.717, 1.165) is 33.7 Å². The molecule has 2 aromatic heterocycles. The molecular weight excluding hydrogens is 336 g/mol. The van der Waals surface area contributed by atoms with Gasteiger partial charge in [0.05, 0.1) is 40.6 Å². The molecule has 0 aliphatic rings. The van der Waals surface area contributed by atoms with Crippen molar-refractivity contribution in [3.8, 4) is 11.8 Å². The third kappa shape index (κ3) is 3.31. The maximum atomic E-state index is 8.86. The highest BCUT2D eigenvalue weighted by Crippen LogP contribution is 2.29. The summed E-state index contributed by atoms with van der Waals surface area (Å²) in [4.78, 5) is 4.49. The monoisotopic (exact) mass is 352 g/mol. The number of aryl methyl sites for hydroxylation is 1. The number of benzene rings is 2. The van der Waals surface area contributed by atoms with Crippen LogP contribution >= 0.6 is 0 Å². The minimum absolute atomic E-state index is 0.446. The lowest BCUT2D eigenvalue weighted by atomic mass is 10.1. The second-order valence-electron chi connectivity index (χ2n) is 6.07. The Hall–Kier alpha value is -3.85. The molecule has 0 atom stereocenters. The largest absolute Gasteiger partial charge is 0.236 e. The van der Waals surface area contributed by atoms with Crippen molar-refractivity contribution in [2.24, 2.45) is 10.2 Å². The van der Waals surface area contributed by atoms with E-state index in [1.54, 1.807) is 18.3 Å². The number of nitriles is 1. The van der Waals surface area contributed by atoms with Gasteiger partial charge in [-0.05, 0) is 42.8 Å². The number of hydrogen-bond donors (Lipinski definition) is 0. The van der Waals surface area contributed by atoms with Crippen LogP contribution in [0, 0.1) is 18.3 Å². The average molecular weight is 352 g/mol. The summed E-state index contributed by atoms with van der Waals surface area (Å²) < 4.78 is 1.82.